The smallest absolute Gasteiger partial charge is 0.325 e. The maximum absolute atomic E-state index is 12.0. The maximum atomic E-state index is 12.0. The molecule has 0 spiro atoms. The van der Waals surface area contributed by atoms with Crippen LogP contribution in [0.4, 0.5) is 4.79 Å². The second kappa shape index (κ2) is 6.17. The second-order valence-corrected chi connectivity index (χ2v) is 4.46. The van der Waals surface area contributed by atoms with Crippen molar-refractivity contribution in [3.63, 3.8) is 0 Å². The van der Waals surface area contributed by atoms with Gasteiger partial charge in [0, 0.05) is 12.6 Å². The fourth-order valence-corrected chi connectivity index (χ4v) is 1.73. The summed E-state index contributed by atoms with van der Waals surface area (Å²) in [5.74, 6) is -1.91. The monoisotopic (exact) mass is 271 g/mol. The largest absolute Gasteiger partial charge is 0.481 e. The summed E-state index contributed by atoms with van der Waals surface area (Å²) in [5.41, 5.74) is 0. The highest BCUT2D eigenvalue weighted by atomic mass is 16.4. The Balaban J connectivity index is 2.64. The number of carbonyl (C=O) groups is 4. The number of carboxylic acid groups (broad SMARTS) is 1. The van der Waals surface area contributed by atoms with Crippen molar-refractivity contribution in [1.29, 1.82) is 0 Å². The van der Waals surface area contributed by atoms with Crippen molar-refractivity contribution in [2.24, 2.45) is 0 Å². The molecule has 1 heterocycles. The molecular formula is C11H17N3O5. The van der Waals surface area contributed by atoms with Crippen LogP contribution in [-0.4, -0.2) is 64.4 Å². The van der Waals surface area contributed by atoms with Crippen LogP contribution in [0.3, 0.4) is 0 Å². The number of urea groups is 1. The van der Waals surface area contributed by atoms with Crippen molar-refractivity contribution in [3.05, 3.63) is 0 Å². The molecule has 0 aromatic rings. The van der Waals surface area contributed by atoms with Gasteiger partial charge in [0.2, 0.25) is 5.91 Å². The second-order valence-electron chi connectivity index (χ2n) is 4.46. The number of hydrogen-bond acceptors (Lipinski definition) is 4. The highest BCUT2D eigenvalue weighted by Gasteiger charge is 2.32. The van der Waals surface area contributed by atoms with E-state index in [0.717, 1.165) is 4.90 Å². The lowest BCUT2D eigenvalue weighted by Crippen LogP contribution is -2.46. The van der Waals surface area contributed by atoms with Gasteiger partial charge < -0.3 is 15.3 Å². The standard InChI is InChI=1S/C11H17N3O5/c1-7(2)13(4-3-10(17)18)9(16)6-14-8(15)5-12-11(14)19/h7H,3-6H2,1-2H3,(H,12,19)(H,17,18). The number of aliphatic carboxylic acids is 1. The quantitative estimate of drug-likeness (QED) is 0.618. The molecule has 0 aromatic carbocycles. The Morgan fingerprint density at radius 1 is 1.42 bits per heavy atom. The predicted molar refractivity (Wildman–Crippen MR) is 64.2 cm³/mol. The number of imide groups is 1. The van der Waals surface area contributed by atoms with E-state index in [-0.39, 0.29) is 32.1 Å². The van der Waals surface area contributed by atoms with E-state index in [0.29, 0.717) is 0 Å². The van der Waals surface area contributed by atoms with E-state index in [1.165, 1.54) is 4.90 Å². The van der Waals surface area contributed by atoms with Gasteiger partial charge in [-0.3, -0.25) is 19.3 Å². The molecule has 0 aliphatic carbocycles. The minimum absolute atomic E-state index is 0.0511. The van der Waals surface area contributed by atoms with Crippen LogP contribution >= 0.6 is 0 Å². The fraction of sp³-hybridized carbons (Fsp3) is 0.636. The van der Waals surface area contributed by atoms with E-state index in [1.54, 1.807) is 13.8 Å². The van der Waals surface area contributed by atoms with Gasteiger partial charge in [-0.1, -0.05) is 0 Å². The molecule has 1 rings (SSSR count). The molecule has 8 heteroatoms. The van der Waals surface area contributed by atoms with Crippen LogP contribution in [0.15, 0.2) is 0 Å². The van der Waals surface area contributed by atoms with E-state index in [9.17, 15) is 19.2 Å². The van der Waals surface area contributed by atoms with Crippen molar-refractivity contribution in [3.8, 4) is 0 Å². The first kappa shape index (κ1) is 14.9. The summed E-state index contributed by atoms with van der Waals surface area (Å²) in [7, 11) is 0. The first-order valence-electron chi connectivity index (χ1n) is 5.92. The third kappa shape index (κ3) is 3.94. The van der Waals surface area contributed by atoms with Gasteiger partial charge in [-0.15, -0.1) is 0 Å². The molecule has 0 bridgehead atoms. The van der Waals surface area contributed by atoms with Crippen LogP contribution in [0, 0.1) is 0 Å². The maximum Gasteiger partial charge on any atom is 0.325 e. The molecule has 0 aromatic heterocycles. The van der Waals surface area contributed by atoms with E-state index < -0.39 is 23.8 Å². The number of rotatable bonds is 6. The van der Waals surface area contributed by atoms with Crippen molar-refractivity contribution in [2.45, 2.75) is 26.3 Å². The summed E-state index contributed by atoms with van der Waals surface area (Å²) >= 11 is 0. The molecule has 0 atom stereocenters. The highest BCUT2D eigenvalue weighted by Crippen LogP contribution is 2.05. The lowest BCUT2D eigenvalue weighted by molar-refractivity contribution is -0.141. The Morgan fingerprint density at radius 3 is 2.47 bits per heavy atom. The Kier molecular flexibility index (Phi) is 4.85. The highest BCUT2D eigenvalue weighted by molar-refractivity contribution is 6.04. The van der Waals surface area contributed by atoms with Gasteiger partial charge in [0.15, 0.2) is 0 Å². The number of nitrogens with zero attached hydrogens (tertiary/aromatic N) is 2. The van der Waals surface area contributed by atoms with Crippen LogP contribution in [-0.2, 0) is 14.4 Å². The minimum atomic E-state index is -1.01. The van der Waals surface area contributed by atoms with E-state index in [2.05, 4.69) is 5.32 Å². The molecule has 0 saturated carbocycles. The fourth-order valence-electron chi connectivity index (χ4n) is 1.73. The third-order valence-corrected chi connectivity index (χ3v) is 2.74. The number of carboxylic acids is 1. The van der Waals surface area contributed by atoms with Crippen molar-refractivity contribution >= 4 is 23.8 Å². The van der Waals surface area contributed by atoms with Gasteiger partial charge in [-0.2, -0.15) is 0 Å². The van der Waals surface area contributed by atoms with Crippen molar-refractivity contribution < 1.29 is 24.3 Å². The zero-order valence-electron chi connectivity index (χ0n) is 10.9. The molecule has 1 aliphatic heterocycles. The summed E-state index contributed by atoms with van der Waals surface area (Å²) in [6.07, 6.45) is -0.177. The third-order valence-electron chi connectivity index (χ3n) is 2.74. The number of carbonyl (C=O) groups excluding carboxylic acids is 3. The first-order valence-corrected chi connectivity index (χ1v) is 5.92. The molecule has 106 valence electrons. The zero-order valence-corrected chi connectivity index (χ0v) is 10.9. The molecule has 1 aliphatic rings. The number of amides is 4. The molecule has 0 unspecified atom stereocenters. The predicted octanol–water partition coefficient (Wildman–Crippen LogP) is -0.750. The Morgan fingerprint density at radius 2 is 2.05 bits per heavy atom. The van der Waals surface area contributed by atoms with Crippen molar-refractivity contribution in [1.82, 2.24) is 15.1 Å². The summed E-state index contributed by atoms with van der Waals surface area (Å²) in [6.45, 7) is 3.07. The number of hydrogen-bond donors (Lipinski definition) is 2. The van der Waals surface area contributed by atoms with Crippen LogP contribution in [0.2, 0.25) is 0 Å². The van der Waals surface area contributed by atoms with Crippen LogP contribution in [0.1, 0.15) is 20.3 Å². The van der Waals surface area contributed by atoms with Gasteiger partial charge >= 0.3 is 12.0 Å². The Bertz CT molecular complexity index is 391. The van der Waals surface area contributed by atoms with Gasteiger partial charge in [0.1, 0.15) is 6.54 Å². The average molecular weight is 271 g/mol. The van der Waals surface area contributed by atoms with Crippen LogP contribution < -0.4 is 5.32 Å². The first-order chi connectivity index (χ1) is 8.82. The minimum Gasteiger partial charge on any atom is -0.481 e. The summed E-state index contributed by atoms with van der Waals surface area (Å²) in [4.78, 5) is 47.4. The van der Waals surface area contributed by atoms with Crippen molar-refractivity contribution in [2.75, 3.05) is 19.6 Å². The Labute approximate surface area is 110 Å². The summed E-state index contributed by atoms with van der Waals surface area (Å²) in [6, 6.07) is -0.798. The number of nitrogens with one attached hydrogen (secondary N) is 1. The topological polar surface area (TPSA) is 107 Å². The van der Waals surface area contributed by atoms with E-state index in [4.69, 9.17) is 5.11 Å². The molecule has 1 saturated heterocycles. The molecule has 1 fully saturated rings. The summed E-state index contributed by atoms with van der Waals surface area (Å²) in [5, 5.41) is 10.9. The van der Waals surface area contributed by atoms with Gasteiger partial charge in [-0.05, 0) is 13.8 Å². The average Bonchev–Trinajstić information content (AvgIpc) is 2.60. The molecule has 0 radical (unpaired) electrons. The molecule has 2 N–H and O–H groups in total. The SMILES string of the molecule is CC(C)N(CCC(=O)O)C(=O)CN1C(=O)CNC1=O. The Hall–Kier alpha value is -2.12. The van der Waals surface area contributed by atoms with E-state index >= 15 is 0 Å². The van der Waals surface area contributed by atoms with Gasteiger partial charge in [-0.25, -0.2) is 4.79 Å². The normalized spacial score (nSPS) is 14.8. The summed E-state index contributed by atoms with van der Waals surface area (Å²) < 4.78 is 0. The van der Waals surface area contributed by atoms with Gasteiger partial charge in [0.25, 0.3) is 5.91 Å². The van der Waals surface area contributed by atoms with Gasteiger partial charge in [0.05, 0.1) is 13.0 Å². The molecule has 4 amide bonds. The zero-order chi connectivity index (χ0) is 14.6. The molecular weight excluding hydrogens is 254 g/mol. The van der Waals surface area contributed by atoms with Crippen LogP contribution in [0.25, 0.3) is 0 Å². The molecule has 8 nitrogen and oxygen atoms in total. The van der Waals surface area contributed by atoms with E-state index in [1.807, 2.05) is 0 Å². The molecule has 19 heavy (non-hydrogen) atoms. The lowest BCUT2D eigenvalue weighted by atomic mass is 10.2. The lowest BCUT2D eigenvalue weighted by Gasteiger charge is -2.27. The van der Waals surface area contributed by atoms with Crippen LogP contribution in [0.5, 0.6) is 0 Å².